The van der Waals surface area contributed by atoms with Crippen LogP contribution in [0.4, 0.5) is 4.79 Å². The van der Waals surface area contributed by atoms with E-state index in [4.69, 9.17) is 17.0 Å². The van der Waals surface area contributed by atoms with Crippen molar-refractivity contribution in [2.24, 2.45) is 0 Å². The van der Waals surface area contributed by atoms with Crippen LogP contribution in [0.2, 0.25) is 0 Å². The molecule has 2 saturated heterocycles. The average molecular weight is 524 g/mol. The van der Waals surface area contributed by atoms with Crippen molar-refractivity contribution < 1.29 is 22.7 Å². The Labute approximate surface area is 193 Å². The minimum Gasteiger partial charge on any atom is -0.447 e. The number of sulfonamides is 1. The SMILES string of the molecule is Cc1ccc(S(=O)(=O)N2C(=S)N[C@H](C(=O)N3CCOC3=O)[C@H]2c2ccc(Br)cc2)cc1. The highest BCUT2D eigenvalue weighted by atomic mass is 79.9. The van der Waals surface area contributed by atoms with Gasteiger partial charge < -0.3 is 10.1 Å². The van der Waals surface area contributed by atoms with Gasteiger partial charge in [0.15, 0.2) is 5.11 Å². The first kappa shape index (κ1) is 21.7. The van der Waals surface area contributed by atoms with Crippen LogP contribution in [0.25, 0.3) is 0 Å². The van der Waals surface area contributed by atoms with Gasteiger partial charge in [0.2, 0.25) is 0 Å². The molecule has 0 spiro atoms. The number of carbonyl (C=O) groups excluding carboxylic acids is 2. The topological polar surface area (TPSA) is 96.0 Å². The van der Waals surface area contributed by atoms with Gasteiger partial charge in [0.05, 0.1) is 11.4 Å². The van der Waals surface area contributed by atoms with E-state index in [1.54, 1.807) is 36.4 Å². The lowest BCUT2D eigenvalue weighted by atomic mass is 10.00. The normalized spacial score (nSPS) is 21.2. The second kappa shape index (κ2) is 8.21. The zero-order valence-corrected chi connectivity index (χ0v) is 19.5. The molecule has 0 saturated carbocycles. The van der Waals surface area contributed by atoms with E-state index in [0.717, 1.165) is 19.2 Å². The smallest absolute Gasteiger partial charge is 0.416 e. The van der Waals surface area contributed by atoms with Crippen LogP contribution in [0.15, 0.2) is 57.9 Å². The lowest BCUT2D eigenvalue weighted by Crippen LogP contribution is -2.47. The van der Waals surface area contributed by atoms with Gasteiger partial charge in [-0.2, -0.15) is 0 Å². The summed E-state index contributed by atoms with van der Waals surface area (Å²) < 4.78 is 33.8. The molecule has 0 radical (unpaired) electrons. The quantitative estimate of drug-likeness (QED) is 0.615. The van der Waals surface area contributed by atoms with Gasteiger partial charge in [-0.15, -0.1) is 0 Å². The van der Waals surface area contributed by atoms with Crippen molar-refractivity contribution in [3.8, 4) is 0 Å². The Balaban J connectivity index is 1.80. The molecule has 0 bridgehead atoms. The van der Waals surface area contributed by atoms with Crippen molar-refractivity contribution in [3.05, 3.63) is 64.1 Å². The number of hydrogen-bond acceptors (Lipinski definition) is 6. The van der Waals surface area contributed by atoms with Crippen molar-refractivity contribution in [1.82, 2.24) is 14.5 Å². The fraction of sp³-hybridized carbons (Fsp3) is 0.250. The third-order valence-corrected chi connectivity index (χ3v) is 7.88. The Morgan fingerprint density at radius 2 is 1.81 bits per heavy atom. The van der Waals surface area contributed by atoms with E-state index < -0.39 is 34.1 Å². The van der Waals surface area contributed by atoms with Crippen molar-refractivity contribution in [3.63, 3.8) is 0 Å². The van der Waals surface area contributed by atoms with Crippen LogP contribution in [0.1, 0.15) is 17.2 Å². The number of benzene rings is 2. The number of cyclic esters (lactones) is 1. The second-order valence-corrected chi connectivity index (χ2v) is 10.3. The summed E-state index contributed by atoms with van der Waals surface area (Å²) in [6, 6.07) is 11.2. The molecule has 1 N–H and O–H groups in total. The van der Waals surface area contributed by atoms with Gasteiger partial charge in [-0.1, -0.05) is 45.8 Å². The first-order valence-electron chi connectivity index (χ1n) is 9.35. The van der Waals surface area contributed by atoms with Gasteiger partial charge in [-0.3, -0.25) is 4.79 Å². The molecule has 0 unspecified atom stereocenters. The molecule has 2 atom stereocenters. The fourth-order valence-corrected chi connectivity index (χ4v) is 5.89. The number of nitrogens with one attached hydrogen (secondary N) is 1. The van der Waals surface area contributed by atoms with Crippen molar-refractivity contribution in [2.45, 2.75) is 23.9 Å². The minimum atomic E-state index is -4.08. The highest BCUT2D eigenvalue weighted by Gasteiger charge is 2.50. The maximum absolute atomic E-state index is 13.5. The number of amides is 2. The molecular weight excluding hydrogens is 506 g/mol. The third-order valence-electron chi connectivity index (χ3n) is 5.13. The number of carbonyl (C=O) groups is 2. The van der Waals surface area contributed by atoms with Crippen molar-refractivity contribution in [2.75, 3.05) is 13.2 Å². The van der Waals surface area contributed by atoms with Crippen LogP contribution in [0, 0.1) is 6.92 Å². The van der Waals surface area contributed by atoms with Gasteiger partial charge in [0.25, 0.3) is 15.9 Å². The number of hydrogen-bond donors (Lipinski definition) is 1. The van der Waals surface area contributed by atoms with Crippen molar-refractivity contribution >= 4 is 55.3 Å². The molecule has 2 amide bonds. The Morgan fingerprint density at radius 1 is 1.16 bits per heavy atom. The molecule has 11 heteroatoms. The predicted octanol–water partition coefficient (Wildman–Crippen LogP) is 2.73. The maximum atomic E-state index is 13.5. The van der Waals surface area contributed by atoms with Crippen LogP contribution in [0.5, 0.6) is 0 Å². The number of thiocarbonyl (C=S) groups is 1. The Kier molecular flexibility index (Phi) is 5.75. The molecule has 2 aliphatic heterocycles. The molecule has 2 fully saturated rings. The Morgan fingerprint density at radius 3 is 2.39 bits per heavy atom. The van der Waals surface area contributed by atoms with Crippen LogP contribution in [-0.2, 0) is 19.6 Å². The van der Waals surface area contributed by atoms with E-state index in [1.807, 2.05) is 6.92 Å². The first-order valence-corrected chi connectivity index (χ1v) is 12.0. The monoisotopic (exact) mass is 523 g/mol. The van der Waals surface area contributed by atoms with Crippen LogP contribution < -0.4 is 5.32 Å². The number of halogens is 1. The highest BCUT2D eigenvalue weighted by Crippen LogP contribution is 2.36. The Hall–Kier alpha value is -2.50. The summed E-state index contributed by atoms with van der Waals surface area (Å²) in [4.78, 5) is 26.2. The van der Waals surface area contributed by atoms with Gasteiger partial charge in [-0.25, -0.2) is 22.4 Å². The zero-order valence-electron chi connectivity index (χ0n) is 16.3. The van der Waals surface area contributed by atoms with Crippen LogP contribution in [-0.4, -0.2) is 53.9 Å². The minimum absolute atomic E-state index is 0.0537. The van der Waals surface area contributed by atoms with E-state index in [0.29, 0.717) is 5.56 Å². The molecule has 2 aliphatic rings. The number of imide groups is 1. The molecule has 0 aliphatic carbocycles. The predicted molar refractivity (Wildman–Crippen MR) is 120 cm³/mol. The van der Waals surface area contributed by atoms with Gasteiger partial charge in [0, 0.05) is 4.47 Å². The third kappa shape index (κ3) is 3.92. The zero-order chi connectivity index (χ0) is 22.3. The summed E-state index contributed by atoms with van der Waals surface area (Å²) in [5.41, 5.74) is 1.46. The summed E-state index contributed by atoms with van der Waals surface area (Å²) >= 11 is 8.72. The number of ether oxygens (including phenoxy) is 1. The van der Waals surface area contributed by atoms with Gasteiger partial charge >= 0.3 is 6.09 Å². The number of aryl methyl sites for hydroxylation is 1. The maximum Gasteiger partial charge on any atom is 0.416 e. The highest BCUT2D eigenvalue weighted by molar-refractivity contribution is 9.10. The standard InChI is InChI=1S/C20H18BrN3O5S2/c1-12-2-8-15(9-3-12)31(27,28)24-17(13-4-6-14(21)7-5-13)16(22-19(24)30)18(25)23-10-11-29-20(23)26/h2-9,16-17H,10-11H2,1H3,(H,22,30)/t16-,17+/m0/s1. The summed E-state index contributed by atoms with van der Waals surface area (Å²) in [6.07, 6.45) is -0.757. The molecular formula is C20H18BrN3O5S2. The number of rotatable bonds is 4. The Bertz CT molecular complexity index is 1150. The lowest BCUT2D eigenvalue weighted by Gasteiger charge is -2.28. The second-order valence-electron chi connectivity index (χ2n) is 7.14. The lowest BCUT2D eigenvalue weighted by molar-refractivity contribution is -0.130. The summed E-state index contributed by atoms with van der Waals surface area (Å²) in [5.74, 6) is -0.598. The molecule has 4 rings (SSSR count). The van der Waals surface area contributed by atoms with E-state index in [2.05, 4.69) is 21.2 Å². The molecule has 2 heterocycles. The van der Waals surface area contributed by atoms with E-state index in [-0.39, 0.29) is 23.2 Å². The molecule has 8 nitrogen and oxygen atoms in total. The van der Waals surface area contributed by atoms with Crippen molar-refractivity contribution in [1.29, 1.82) is 0 Å². The van der Waals surface area contributed by atoms with Crippen LogP contribution >= 0.6 is 28.1 Å². The molecule has 31 heavy (non-hydrogen) atoms. The molecule has 162 valence electrons. The van der Waals surface area contributed by atoms with E-state index in [9.17, 15) is 18.0 Å². The van der Waals surface area contributed by atoms with Gasteiger partial charge in [0.1, 0.15) is 18.7 Å². The van der Waals surface area contributed by atoms with Gasteiger partial charge in [-0.05, 0) is 49.0 Å². The number of nitrogens with zero attached hydrogens (tertiary/aromatic N) is 2. The largest absolute Gasteiger partial charge is 0.447 e. The molecule has 2 aromatic rings. The fourth-order valence-electron chi connectivity index (χ4n) is 3.57. The van der Waals surface area contributed by atoms with Crippen LogP contribution in [0.3, 0.4) is 0 Å². The first-order chi connectivity index (χ1) is 14.7. The van der Waals surface area contributed by atoms with E-state index >= 15 is 0 Å². The summed E-state index contributed by atoms with van der Waals surface area (Å²) in [7, 11) is -4.08. The summed E-state index contributed by atoms with van der Waals surface area (Å²) in [5, 5.41) is 2.71. The average Bonchev–Trinajstić information content (AvgIpc) is 3.32. The molecule has 0 aromatic heterocycles. The molecule has 2 aromatic carbocycles. The summed E-state index contributed by atoms with van der Waals surface area (Å²) in [6.45, 7) is 2.04. The van der Waals surface area contributed by atoms with E-state index in [1.165, 1.54) is 12.1 Å².